The Labute approximate surface area is 562 Å². The Hall–Kier alpha value is -1.94. The SMILES string of the molecule is CCCCCCCCCCCCCCCCCCCCCCCC(=O)O[C@H](COC(=O)CCCCCCCCCCCC(C)C)COP(=O)(O)OC[C@@H](O)COP(=O)(O)OC[C@@H](COC(=O)CCCCCCCCC(C)C)OC(=O)CCCCCCCCCC(C)C. The minimum Gasteiger partial charge on any atom is -0.462 e. The van der Waals surface area contributed by atoms with Gasteiger partial charge in [0.2, 0.25) is 0 Å². The second kappa shape index (κ2) is 63.8. The number of aliphatic hydroxyl groups is 1. The van der Waals surface area contributed by atoms with Gasteiger partial charge in [0, 0.05) is 25.7 Å². The zero-order valence-corrected chi connectivity index (χ0v) is 61.8. The molecule has 0 aromatic heterocycles. The fourth-order valence-electron chi connectivity index (χ4n) is 11.1. The van der Waals surface area contributed by atoms with Gasteiger partial charge in [-0.25, -0.2) is 9.13 Å². The first-order chi connectivity index (χ1) is 44.2. The number of unbranched alkanes of at least 4 members (excludes halogenated alkanes) is 39. The van der Waals surface area contributed by atoms with E-state index in [4.69, 9.17) is 37.0 Å². The van der Waals surface area contributed by atoms with Crippen LogP contribution in [0.1, 0.15) is 370 Å². The molecule has 19 heteroatoms. The number of phosphoric ester groups is 2. The Morgan fingerprint density at radius 3 is 0.739 bits per heavy atom. The Morgan fingerprint density at radius 2 is 0.500 bits per heavy atom. The van der Waals surface area contributed by atoms with Crippen LogP contribution < -0.4 is 0 Å². The van der Waals surface area contributed by atoms with Crippen LogP contribution in [0.4, 0.5) is 0 Å². The summed E-state index contributed by atoms with van der Waals surface area (Å²) < 4.78 is 68.3. The highest BCUT2D eigenvalue weighted by molar-refractivity contribution is 7.47. The van der Waals surface area contributed by atoms with E-state index in [0.29, 0.717) is 37.5 Å². The second-order valence-electron chi connectivity index (χ2n) is 27.8. The summed E-state index contributed by atoms with van der Waals surface area (Å²) in [6, 6.07) is 0. The first kappa shape index (κ1) is 90.1. The largest absolute Gasteiger partial charge is 0.472 e. The number of rotatable bonds is 71. The maximum absolute atomic E-state index is 13.0. The molecule has 0 rings (SSSR count). The second-order valence-corrected chi connectivity index (χ2v) is 30.7. The first-order valence-electron chi connectivity index (χ1n) is 37.8. The van der Waals surface area contributed by atoms with Crippen molar-refractivity contribution in [3.8, 4) is 0 Å². The number of ether oxygens (including phenoxy) is 4. The number of carbonyl (C=O) groups excluding carboxylic acids is 4. The van der Waals surface area contributed by atoms with E-state index in [0.717, 1.165) is 102 Å². The highest BCUT2D eigenvalue weighted by Crippen LogP contribution is 2.45. The minimum absolute atomic E-state index is 0.102. The molecule has 0 fully saturated rings. The number of phosphoric acid groups is 2. The molecule has 0 saturated carbocycles. The van der Waals surface area contributed by atoms with Crippen LogP contribution in [0.2, 0.25) is 0 Å². The molecule has 0 aliphatic heterocycles. The Kier molecular flexibility index (Phi) is 62.4. The van der Waals surface area contributed by atoms with E-state index in [1.807, 2.05) is 0 Å². The van der Waals surface area contributed by atoms with Crippen molar-refractivity contribution < 1.29 is 80.2 Å². The zero-order chi connectivity index (χ0) is 68.0. The van der Waals surface area contributed by atoms with Crippen molar-refractivity contribution in [2.24, 2.45) is 17.8 Å². The lowest BCUT2D eigenvalue weighted by atomic mass is 10.0. The van der Waals surface area contributed by atoms with Crippen molar-refractivity contribution in [2.45, 2.75) is 388 Å². The molecule has 546 valence electrons. The molecule has 0 amide bonds. The monoisotopic (exact) mass is 1350 g/mol. The normalized spacial score (nSPS) is 14.1. The molecule has 92 heavy (non-hydrogen) atoms. The van der Waals surface area contributed by atoms with Crippen LogP contribution in [-0.4, -0.2) is 96.7 Å². The van der Waals surface area contributed by atoms with Gasteiger partial charge in [-0.2, -0.15) is 0 Å². The molecular weight excluding hydrogens is 1210 g/mol. The van der Waals surface area contributed by atoms with Gasteiger partial charge in [-0.05, 0) is 43.4 Å². The first-order valence-corrected chi connectivity index (χ1v) is 40.8. The molecule has 2 unspecified atom stereocenters. The van der Waals surface area contributed by atoms with Crippen LogP contribution in [-0.2, 0) is 65.4 Å². The fraction of sp³-hybridized carbons (Fsp3) is 0.945. The van der Waals surface area contributed by atoms with Crippen molar-refractivity contribution in [3.63, 3.8) is 0 Å². The number of esters is 4. The molecule has 0 bridgehead atoms. The highest BCUT2D eigenvalue weighted by atomic mass is 31.2. The number of aliphatic hydroxyl groups excluding tert-OH is 1. The molecule has 5 atom stereocenters. The van der Waals surface area contributed by atoms with Gasteiger partial charge < -0.3 is 33.8 Å². The van der Waals surface area contributed by atoms with Crippen molar-refractivity contribution >= 4 is 39.5 Å². The van der Waals surface area contributed by atoms with E-state index in [1.165, 1.54) is 173 Å². The molecule has 0 aromatic rings. The average molecular weight is 1350 g/mol. The molecule has 17 nitrogen and oxygen atoms in total. The maximum atomic E-state index is 13.0. The summed E-state index contributed by atoms with van der Waals surface area (Å²) >= 11 is 0. The summed E-state index contributed by atoms with van der Waals surface area (Å²) in [6.45, 7) is 11.7. The molecule has 0 aromatic carbocycles. The lowest BCUT2D eigenvalue weighted by Crippen LogP contribution is -2.30. The molecule has 0 radical (unpaired) electrons. The third-order valence-corrected chi connectivity index (χ3v) is 18.8. The van der Waals surface area contributed by atoms with Gasteiger partial charge in [0.25, 0.3) is 0 Å². The van der Waals surface area contributed by atoms with E-state index >= 15 is 0 Å². The van der Waals surface area contributed by atoms with Gasteiger partial charge in [-0.3, -0.25) is 37.3 Å². The summed E-state index contributed by atoms with van der Waals surface area (Å²) in [4.78, 5) is 72.5. The van der Waals surface area contributed by atoms with Gasteiger partial charge in [0.1, 0.15) is 19.3 Å². The quantitative estimate of drug-likeness (QED) is 0.0222. The third-order valence-electron chi connectivity index (χ3n) is 16.9. The molecule has 0 heterocycles. The lowest BCUT2D eigenvalue weighted by Gasteiger charge is -2.21. The van der Waals surface area contributed by atoms with Gasteiger partial charge in [0.05, 0.1) is 26.4 Å². The van der Waals surface area contributed by atoms with E-state index < -0.39 is 97.5 Å². The predicted molar refractivity (Wildman–Crippen MR) is 372 cm³/mol. The van der Waals surface area contributed by atoms with Gasteiger partial charge in [-0.15, -0.1) is 0 Å². The summed E-state index contributed by atoms with van der Waals surface area (Å²) in [7, 11) is -9.90. The van der Waals surface area contributed by atoms with Gasteiger partial charge in [-0.1, -0.05) is 318 Å². The van der Waals surface area contributed by atoms with Crippen LogP contribution in [0.25, 0.3) is 0 Å². The average Bonchev–Trinajstić information content (AvgIpc) is 1.58. The zero-order valence-electron chi connectivity index (χ0n) is 60.0. The molecule has 0 spiro atoms. The van der Waals surface area contributed by atoms with Crippen LogP contribution in [0.15, 0.2) is 0 Å². The fourth-order valence-corrected chi connectivity index (χ4v) is 12.7. The van der Waals surface area contributed by atoms with Crippen molar-refractivity contribution in [1.82, 2.24) is 0 Å². The molecule has 0 saturated heterocycles. The minimum atomic E-state index is -4.95. The van der Waals surface area contributed by atoms with Crippen molar-refractivity contribution in [3.05, 3.63) is 0 Å². The topological polar surface area (TPSA) is 237 Å². The van der Waals surface area contributed by atoms with E-state index in [-0.39, 0.29) is 25.7 Å². The molecule has 0 aliphatic rings. The van der Waals surface area contributed by atoms with E-state index in [2.05, 4.69) is 48.5 Å². The summed E-state index contributed by atoms with van der Waals surface area (Å²) in [5, 5.41) is 10.6. The van der Waals surface area contributed by atoms with Gasteiger partial charge >= 0.3 is 39.5 Å². The van der Waals surface area contributed by atoms with E-state index in [9.17, 15) is 43.2 Å². The summed E-state index contributed by atoms with van der Waals surface area (Å²) in [5.41, 5.74) is 0. The third kappa shape index (κ3) is 66.7. The van der Waals surface area contributed by atoms with Crippen LogP contribution in [0.3, 0.4) is 0 Å². The summed E-state index contributed by atoms with van der Waals surface area (Å²) in [5.74, 6) is -0.0101. The Balaban J connectivity index is 5.17. The highest BCUT2D eigenvalue weighted by Gasteiger charge is 2.30. The number of carbonyl (C=O) groups is 4. The molecule has 3 N–H and O–H groups in total. The standard InChI is InChI=1S/C73H142O17P2/c1-8-9-10-11-12-13-14-15-16-17-18-19-20-21-22-23-24-27-33-42-49-56-72(77)89-68(60-83-70(75)54-47-40-32-28-25-26-30-37-44-51-64(2)3)62-87-91(79,80)85-58-67(74)59-86-92(81,82)88-63-69(61-84-71(76)55-48-41-36-35-39-46-53-66(6)7)90-73(78)57-50-43-34-29-31-38-45-52-65(4)5/h64-69,74H,8-63H2,1-7H3,(H,79,80)(H,81,82)/t67-,68-,69-/m1/s1. The molecule has 0 aliphatic carbocycles. The predicted octanol–water partition coefficient (Wildman–Crippen LogP) is 21.0. The maximum Gasteiger partial charge on any atom is 0.472 e. The Bertz CT molecular complexity index is 1800. The van der Waals surface area contributed by atoms with Gasteiger partial charge in [0.15, 0.2) is 12.2 Å². The number of hydrogen-bond acceptors (Lipinski definition) is 15. The lowest BCUT2D eigenvalue weighted by molar-refractivity contribution is -0.161. The summed E-state index contributed by atoms with van der Waals surface area (Å²) in [6.07, 6.45) is 49.1. The van der Waals surface area contributed by atoms with Crippen LogP contribution in [0, 0.1) is 17.8 Å². The molecular formula is C73H142O17P2. The smallest absolute Gasteiger partial charge is 0.462 e. The van der Waals surface area contributed by atoms with E-state index in [1.54, 1.807) is 0 Å². The number of hydrogen-bond donors (Lipinski definition) is 3. The van der Waals surface area contributed by atoms with Crippen LogP contribution >= 0.6 is 15.6 Å². The van der Waals surface area contributed by atoms with Crippen LogP contribution in [0.5, 0.6) is 0 Å². The Morgan fingerprint density at radius 1 is 0.293 bits per heavy atom. The van der Waals surface area contributed by atoms with Crippen molar-refractivity contribution in [2.75, 3.05) is 39.6 Å². The van der Waals surface area contributed by atoms with Crippen molar-refractivity contribution in [1.29, 1.82) is 0 Å².